The zero-order valence-electron chi connectivity index (χ0n) is 16.3. The number of nitrogens with two attached hydrogens (primary N) is 1. The molecule has 0 aliphatic heterocycles. The molecule has 2 N–H and O–H groups in total. The van der Waals surface area contributed by atoms with E-state index in [1.165, 1.54) is 12.1 Å². The second-order valence-corrected chi connectivity index (χ2v) is 8.02. The van der Waals surface area contributed by atoms with Gasteiger partial charge in [-0.25, -0.2) is 4.39 Å². The van der Waals surface area contributed by atoms with Gasteiger partial charge in [0.05, 0.1) is 0 Å². The molecule has 29 heavy (non-hydrogen) atoms. The first-order valence-electron chi connectivity index (χ1n) is 10.0. The average molecular weight is 383 g/mol. The summed E-state index contributed by atoms with van der Waals surface area (Å²) in [6.07, 6.45) is 1.66. The summed E-state index contributed by atoms with van der Waals surface area (Å²) in [5.74, 6) is -0.0271. The van der Waals surface area contributed by atoms with Crippen molar-refractivity contribution in [2.75, 3.05) is 5.73 Å². The number of nitrogen functional groups attached to an aromatic ring is 1. The predicted molar refractivity (Wildman–Crippen MR) is 117 cm³/mol. The van der Waals surface area contributed by atoms with Gasteiger partial charge in [-0.1, -0.05) is 48.5 Å². The van der Waals surface area contributed by atoms with E-state index in [0.717, 1.165) is 56.8 Å². The van der Waals surface area contributed by atoms with Crippen molar-refractivity contribution in [1.82, 2.24) is 0 Å². The Bertz CT molecular complexity index is 1260. The Morgan fingerprint density at radius 3 is 2.31 bits per heavy atom. The lowest BCUT2D eigenvalue weighted by Crippen LogP contribution is -2.20. The number of benzene rings is 4. The molecule has 3 heteroatoms. The van der Waals surface area contributed by atoms with Crippen LogP contribution in [0, 0.1) is 5.82 Å². The number of hydrogen-bond donors (Lipinski definition) is 1. The lowest BCUT2D eigenvalue weighted by molar-refractivity contribution is -0.118. The first-order valence-corrected chi connectivity index (χ1v) is 10.0. The molecule has 4 aromatic rings. The van der Waals surface area contributed by atoms with E-state index in [2.05, 4.69) is 24.3 Å². The molecule has 0 spiro atoms. The Labute approximate surface area is 169 Å². The maximum atomic E-state index is 13.5. The Balaban J connectivity index is 1.86. The van der Waals surface area contributed by atoms with Gasteiger partial charge in [0, 0.05) is 22.9 Å². The molecule has 0 saturated carbocycles. The van der Waals surface area contributed by atoms with Crippen molar-refractivity contribution in [1.29, 1.82) is 0 Å². The van der Waals surface area contributed by atoms with Crippen LogP contribution < -0.4 is 5.73 Å². The molecule has 0 fully saturated rings. The van der Waals surface area contributed by atoms with Crippen LogP contribution in [0.4, 0.5) is 10.1 Å². The van der Waals surface area contributed by atoms with Crippen LogP contribution in [0.15, 0.2) is 66.7 Å². The quantitative estimate of drug-likeness (QED) is 0.325. The molecule has 0 amide bonds. The molecule has 0 radical (unpaired) electrons. The highest BCUT2D eigenvalue weighted by Crippen LogP contribution is 2.47. The molecule has 2 nitrogen and oxygen atoms in total. The van der Waals surface area contributed by atoms with E-state index in [0.29, 0.717) is 0 Å². The van der Waals surface area contributed by atoms with Crippen LogP contribution in [0.1, 0.15) is 48.3 Å². The number of Topliss-reactive ketones (excluding diaryl/α,β-unsaturated/α-hetero) is 1. The fourth-order valence-corrected chi connectivity index (χ4v) is 5.02. The van der Waals surface area contributed by atoms with Crippen LogP contribution in [-0.4, -0.2) is 5.78 Å². The van der Waals surface area contributed by atoms with E-state index in [1.54, 1.807) is 6.92 Å². The van der Waals surface area contributed by atoms with E-state index in [4.69, 9.17) is 5.73 Å². The van der Waals surface area contributed by atoms with Crippen LogP contribution >= 0.6 is 0 Å². The van der Waals surface area contributed by atoms with E-state index in [9.17, 15) is 9.18 Å². The molecule has 0 aromatic heterocycles. The fraction of sp³-hybridized carbons (Fsp3) is 0.192. The molecular formula is C26H22FNO. The van der Waals surface area contributed by atoms with Crippen molar-refractivity contribution in [3.05, 3.63) is 89.2 Å². The number of carbonyl (C=O) groups is 1. The van der Waals surface area contributed by atoms with Gasteiger partial charge in [0.1, 0.15) is 11.6 Å². The minimum Gasteiger partial charge on any atom is -0.398 e. The largest absolute Gasteiger partial charge is 0.398 e. The van der Waals surface area contributed by atoms with Crippen molar-refractivity contribution in [3.8, 4) is 0 Å². The number of hydrogen-bond acceptors (Lipinski definition) is 2. The van der Waals surface area contributed by atoms with Gasteiger partial charge in [0.2, 0.25) is 0 Å². The third-order valence-corrected chi connectivity index (χ3v) is 6.38. The Morgan fingerprint density at radius 1 is 0.897 bits per heavy atom. The zero-order valence-corrected chi connectivity index (χ0v) is 16.3. The number of anilines is 1. The summed E-state index contributed by atoms with van der Waals surface area (Å²) >= 11 is 0. The number of carbonyl (C=O) groups excluding carboxylic acids is 1. The minimum atomic E-state index is -0.237. The van der Waals surface area contributed by atoms with Gasteiger partial charge in [0.15, 0.2) is 0 Å². The highest BCUT2D eigenvalue weighted by molar-refractivity contribution is 6.14. The number of ketones is 1. The zero-order chi connectivity index (χ0) is 20.1. The second-order valence-electron chi connectivity index (χ2n) is 8.02. The monoisotopic (exact) mass is 383 g/mol. The maximum absolute atomic E-state index is 13.5. The van der Waals surface area contributed by atoms with Gasteiger partial charge < -0.3 is 5.73 Å². The fourth-order valence-electron chi connectivity index (χ4n) is 5.02. The number of fused-ring (bicyclic) bond motifs is 5. The Hall–Kier alpha value is -3.20. The van der Waals surface area contributed by atoms with Crippen LogP contribution in [0.3, 0.4) is 0 Å². The van der Waals surface area contributed by atoms with Gasteiger partial charge >= 0.3 is 0 Å². The first kappa shape index (κ1) is 17.9. The van der Waals surface area contributed by atoms with Crippen LogP contribution in [0.2, 0.25) is 0 Å². The summed E-state index contributed by atoms with van der Waals surface area (Å²) in [6, 6.07) is 21.2. The first-order chi connectivity index (χ1) is 14.0. The molecule has 0 heterocycles. The topological polar surface area (TPSA) is 43.1 Å². The molecule has 0 bridgehead atoms. The van der Waals surface area contributed by atoms with Crippen molar-refractivity contribution in [3.63, 3.8) is 0 Å². The molecule has 4 aromatic carbocycles. The van der Waals surface area contributed by atoms with Gasteiger partial charge in [-0.2, -0.15) is 0 Å². The summed E-state index contributed by atoms with van der Waals surface area (Å²) in [7, 11) is 0. The normalized spacial score (nSPS) is 18.7. The Kier molecular flexibility index (Phi) is 4.13. The van der Waals surface area contributed by atoms with Crippen LogP contribution in [0.25, 0.3) is 21.5 Å². The van der Waals surface area contributed by atoms with Crippen molar-refractivity contribution < 1.29 is 9.18 Å². The highest BCUT2D eigenvalue weighted by Gasteiger charge is 2.32. The average Bonchev–Trinajstić information content (AvgIpc) is 2.73. The van der Waals surface area contributed by atoms with E-state index in [1.807, 2.05) is 30.3 Å². The molecule has 0 saturated heterocycles. The third-order valence-electron chi connectivity index (χ3n) is 6.38. The molecule has 5 rings (SSSR count). The molecule has 1 aliphatic rings. The summed E-state index contributed by atoms with van der Waals surface area (Å²) < 4.78 is 13.5. The van der Waals surface area contributed by atoms with Gasteiger partial charge in [-0.3, -0.25) is 4.79 Å². The minimum absolute atomic E-state index is 0.0983. The predicted octanol–water partition coefficient (Wildman–Crippen LogP) is 6.31. The second kappa shape index (κ2) is 6.70. The van der Waals surface area contributed by atoms with Crippen molar-refractivity contribution >= 4 is 33.0 Å². The third kappa shape index (κ3) is 2.80. The highest BCUT2D eigenvalue weighted by atomic mass is 19.1. The Morgan fingerprint density at radius 2 is 1.59 bits per heavy atom. The molecule has 1 aliphatic carbocycles. The number of halogens is 1. The van der Waals surface area contributed by atoms with Gasteiger partial charge in [-0.05, 0) is 70.8 Å². The van der Waals surface area contributed by atoms with E-state index < -0.39 is 0 Å². The van der Waals surface area contributed by atoms with Crippen LogP contribution in [-0.2, 0) is 4.79 Å². The van der Waals surface area contributed by atoms with Crippen LogP contribution in [0.5, 0.6) is 0 Å². The maximum Gasteiger partial charge on any atom is 0.137 e. The summed E-state index contributed by atoms with van der Waals surface area (Å²) in [6.45, 7) is 1.67. The molecule has 144 valence electrons. The smallest absolute Gasteiger partial charge is 0.137 e. The lowest BCUT2D eigenvalue weighted by atomic mass is 9.71. The van der Waals surface area contributed by atoms with Crippen molar-refractivity contribution in [2.24, 2.45) is 0 Å². The van der Waals surface area contributed by atoms with Gasteiger partial charge in [0.25, 0.3) is 0 Å². The standard InChI is InChI=1S/C26H22FNO/c1-15(29)18-10-11-19(16-6-8-17(27)9-7-16)26-23(18)13-12-21-20-4-2-3-5-22(20)25(28)14-24(21)26/h2-9,12-14,18-19H,10-11,28H2,1H3. The number of rotatable bonds is 2. The van der Waals surface area contributed by atoms with Crippen molar-refractivity contribution in [2.45, 2.75) is 31.6 Å². The summed E-state index contributed by atoms with van der Waals surface area (Å²) in [4.78, 5) is 12.4. The molecule has 2 atom stereocenters. The van der Waals surface area contributed by atoms with Gasteiger partial charge in [-0.15, -0.1) is 0 Å². The summed E-state index contributed by atoms with van der Waals surface area (Å²) in [5, 5.41) is 4.40. The van der Waals surface area contributed by atoms with E-state index >= 15 is 0 Å². The SMILES string of the molecule is CC(=O)C1CCC(c2ccc(F)cc2)c2c1ccc1c2cc(N)c2ccccc21. The lowest BCUT2D eigenvalue weighted by Gasteiger charge is -2.32. The molecule has 2 unspecified atom stereocenters. The van der Waals surface area contributed by atoms with E-state index in [-0.39, 0.29) is 23.4 Å². The summed E-state index contributed by atoms with van der Waals surface area (Å²) in [5.41, 5.74) is 10.5. The molecular weight excluding hydrogens is 361 g/mol.